The van der Waals surface area contributed by atoms with Crippen LogP contribution < -0.4 is 20.7 Å². The van der Waals surface area contributed by atoms with Gasteiger partial charge in [-0.3, -0.25) is 38.9 Å². The molecule has 16 heteroatoms. The molecule has 57 heavy (non-hydrogen) atoms. The average molecular weight is 775 g/mol. The Kier molecular flexibility index (Phi) is 10.7. The quantitative estimate of drug-likeness (QED) is 0.157. The highest BCUT2D eigenvalue weighted by Gasteiger charge is 2.36. The number of imide groups is 2. The summed E-state index contributed by atoms with van der Waals surface area (Å²) >= 11 is 0. The Labute approximate surface area is 328 Å². The van der Waals surface area contributed by atoms with E-state index in [0.29, 0.717) is 23.9 Å². The normalized spacial score (nSPS) is 19.3. The molecule has 3 N–H and O–H groups in total. The molecule has 2 aromatic carbocycles. The number of anilines is 1. The summed E-state index contributed by atoms with van der Waals surface area (Å²) in [5.74, 6) is -0.204. The van der Waals surface area contributed by atoms with Crippen molar-refractivity contribution in [2.24, 2.45) is 11.7 Å². The van der Waals surface area contributed by atoms with E-state index in [1.54, 1.807) is 10.7 Å². The molecule has 296 valence electrons. The van der Waals surface area contributed by atoms with Gasteiger partial charge in [-0.15, -0.1) is 0 Å². The van der Waals surface area contributed by atoms with Crippen LogP contribution in [0.1, 0.15) is 66.9 Å². The Balaban J connectivity index is 0.00000147. The van der Waals surface area contributed by atoms with E-state index in [1.165, 1.54) is 6.42 Å². The van der Waals surface area contributed by atoms with E-state index in [-0.39, 0.29) is 25.4 Å². The molecule has 6 heterocycles. The van der Waals surface area contributed by atoms with Crippen LogP contribution in [0.25, 0.3) is 27.7 Å². The van der Waals surface area contributed by atoms with Gasteiger partial charge in [0.1, 0.15) is 11.8 Å². The topological polar surface area (TPSA) is 190 Å². The number of amides is 5. The van der Waals surface area contributed by atoms with E-state index in [9.17, 15) is 19.2 Å². The molecule has 0 bridgehead atoms. The van der Waals surface area contributed by atoms with Gasteiger partial charge in [0.15, 0.2) is 5.65 Å². The van der Waals surface area contributed by atoms with Crippen molar-refractivity contribution in [3.63, 3.8) is 0 Å². The number of fused-ring (bicyclic) bond motifs is 2. The first-order valence-electron chi connectivity index (χ1n) is 19.6. The van der Waals surface area contributed by atoms with Crippen LogP contribution in [-0.4, -0.2) is 110 Å². The molecule has 4 fully saturated rings. The summed E-state index contributed by atoms with van der Waals surface area (Å²) < 4.78 is 10.5. The van der Waals surface area contributed by atoms with Gasteiger partial charge < -0.3 is 20.3 Å². The average Bonchev–Trinajstić information content (AvgIpc) is 3.80. The van der Waals surface area contributed by atoms with Crippen LogP contribution in [0.3, 0.4) is 0 Å². The lowest BCUT2D eigenvalue weighted by molar-refractivity contribution is -0.139. The lowest BCUT2D eigenvalue weighted by Gasteiger charge is -2.44. The minimum Gasteiger partial charge on any atom is -0.490 e. The summed E-state index contributed by atoms with van der Waals surface area (Å²) in [6.07, 6.45) is 14.2. The van der Waals surface area contributed by atoms with Crippen LogP contribution in [-0.2, 0) is 19.2 Å². The molecule has 4 aliphatic rings. The number of carbonyl (C=O) groups is 5. The van der Waals surface area contributed by atoms with Gasteiger partial charge in [-0.2, -0.15) is 10.2 Å². The molecule has 1 atom stereocenters. The second kappa shape index (κ2) is 16.1. The number of hydrogen-bond donors (Lipinski definition) is 2. The first-order valence-corrected chi connectivity index (χ1v) is 19.6. The molecule has 1 unspecified atom stereocenters. The van der Waals surface area contributed by atoms with Gasteiger partial charge in [0.2, 0.25) is 24.6 Å². The summed E-state index contributed by atoms with van der Waals surface area (Å²) in [5.41, 5.74) is 9.87. The van der Waals surface area contributed by atoms with Crippen molar-refractivity contribution < 1.29 is 28.7 Å². The number of ether oxygens (including phenoxy) is 1. The molecule has 5 aromatic rings. The first kappa shape index (κ1) is 37.7. The second-order valence-electron chi connectivity index (χ2n) is 15.4. The fourth-order valence-corrected chi connectivity index (χ4v) is 8.27. The fourth-order valence-electron chi connectivity index (χ4n) is 8.27. The number of nitrogens with one attached hydrogen (secondary N) is 1. The number of benzene rings is 2. The lowest BCUT2D eigenvalue weighted by atomic mass is 9.95. The first-order chi connectivity index (χ1) is 27.7. The largest absolute Gasteiger partial charge is 0.490 e. The van der Waals surface area contributed by atoms with Crippen LogP contribution in [0.4, 0.5) is 5.69 Å². The third-order valence-electron chi connectivity index (χ3n) is 11.7. The maximum atomic E-state index is 13.5. The van der Waals surface area contributed by atoms with Crippen LogP contribution in [0.15, 0.2) is 61.2 Å². The number of nitrogens with two attached hydrogens (primary N) is 1. The minimum atomic E-state index is -0.996. The van der Waals surface area contributed by atoms with Crippen molar-refractivity contribution in [3.05, 3.63) is 72.3 Å². The molecule has 3 aromatic heterocycles. The van der Waals surface area contributed by atoms with Crippen LogP contribution in [0, 0.1) is 12.8 Å². The number of hydrogen-bond acceptors (Lipinski definition) is 11. The standard InChI is InChI=1S/C40H43N9O5.CH3NO/c1-25-6-7-29(17-31(25)40(53)47(24-50)35-8-9-37(51)43-39(35)52)46-21-26(22-46)20-45-14-10-28(11-15-45)49-23-27-16-32(33-19-42-48-13-3-12-41-38(33)48)36(18-34(27)44-49)54-30-4-2-5-30;2-1-3/h3,6-7,12-13,16-19,23-24,26,28,30,35H,2,4-5,8-11,14-15,20-22H2,1H3,(H,43,51,52);1H,(H2,2,3). The molecule has 0 spiro atoms. The summed E-state index contributed by atoms with van der Waals surface area (Å²) in [4.78, 5) is 68.4. The Morgan fingerprint density at radius 2 is 1.84 bits per heavy atom. The van der Waals surface area contributed by atoms with Gasteiger partial charge in [0, 0.05) is 91.9 Å². The molecule has 3 saturated heterocycles. The van der Waals surface area contributed by atoms with Crippen molar-refractivity contribution >= 4 is 52.8 Å². The highest BCUT2D eigenvalue weighted by atomic mass is 16.5. The minimum absolute atomic E-state index is 0.0851. The van der Waals surface area contributed by atoms with Gasteiger partial charge in [-0.1, -0.05) is 6.07 Å². The number of aryl methyl sites for hydroxylation is 1. The summed E-state index contributed by atoms with van der Waals surface area (Å²) in [5, 5.41) is 12.9. The fraction of sp³-hybridized carbons (Fsp3) is 0.415. The molecule has 0 radical (unpaired) electrons. The molecule has 1 aliphatic carbocycles. The molecule has 9 rings (SSSR count). The molecule has 1 saturated carbocycles. The van der Waals surface area contributed by atoms with Gasteiger partial charge in [-0.25, -0.2) is 9.50 Å². The van der Waals surface area contributed by atoms with Gasteiger partial charge in [-0.05, 0) is 75.3 Å². The number of nitrogens with zero attached hydrogens (tertiary/aromatic N) is 8. The molecule has 5 amide bonds. The van der Waals surface area contributed by atoms with Gasteiger partial charge >= 0.3 is 0 Å². The lowest BCUT2D eigenvalue weighted by Crippen LogP contribution is -2.54. The van der Waals surface area contributed by atoms with Gasteiger partial charge in [0.05, 0.1) is 29.4 Å². The molecule has 3 aliphatic heterocycles. The van der Waals surface area contributed by atoms with Gasteiger partial charge in [0.25, 0.3) is 5.91 Å². The highest BCUT2D eigenvalue weighted by Crippen LogP contribution is 2.39. The molecular formula is C41H46N10O6. The van der Waals surface area contributed by atoms with Crippen molar-refractivity contribution in [1.82, 2.24) is 39.5 Å². The highest BCUT2D eigenvalue weighted by molar-refractivity contribution is 6.08. The third-order valence-corrected chi connectivity index (χ3v) is 11.7. The summed E-state index contributed by atoms with van der Waals surface area (Å²) in [6.45, 7) is 6.58. The van der Waals surface area contributed by atoms with E-state index in [2.05, 4.69) is 53.9 Å². The SMILES string of the molecule is Cc1ccc(N2CC(CN3CCC(n4cc5cc(-c6cnn7cccnc67)c(OC6CCC6)cc5n4)CC3)C2)cc1C(=O)N(C=O)C1CCC(=O)NC1=O.NC=O. The zero-order chi connectivity index (χ0) is 39.6. The van der Waals surface area contributed by atoms with Crippen molar-refractivity contribution in [2.75, 3.05) is 37.6 Å². The van der Waals surface area contributed by atoms with E-state index >= 15 is 0 Å². The number of rotatable bonds is 10. The van der Waals surface area contributed by atoms with E-state index in [1.807, 2.05) is 43.6 Å². The van der Waals surface area contributed by atoms with Crippen molar-refractivity contribution in [1.29, 1.82) is 0 Å². The number of carbonyl (C=O) groups excluding carboxylic acids is 5. The number of likely N-dealkylation sites (tertiary alicyclic amines) is 1. The predicted molar refractivity (Wildman–Crippen MR) is 210 cm³/mol. The maximum absolute atomic E-state index is 13.5. The Bertz CT molecular complexity index is 2320. The smallest absolute Gasteiger partial charge is 0.261 e. The van der Waals surface area contributed by atoms with Crippen molar-refractivity contribution in [2.45, 2.75) is 70.1 Å². The summed E-state index contributed by atoms with van der Waals surface area (Å²) in [7, 11) is 0. The zero-order valence-corrected chi connectivity index (χ0v) is 31.8. The van der Waals surface area contributed by atoms with Crippen LogP contribution in [0.5, 0.6) is 5.75 Å². The Hall–Kier alpha value is -6.16. The van der Waals surface area contributed by atoms with Crippen LogP contribution in [0.2, 0.25) is 0 Å². The molecular weight excluding hydrogens is 729 g/mol. The van der Waals surface area contributed by atoms with Crippen molar-refractivity contribution in [3.8, 4) is 16.9 Å². The number of primary amides is 1. The second-order valence-corrected chi connectivity index (χ2v) is 15.4. The number of aromatic nitrogens is 5. The third kappa shape index (κ3) is 7.68. The maximum Gasteiger partial charge on any atom is 0.261 e. The Morgan fingerprint density at radius 1 is 1.05 bits per heavy atom. The number of piperidine rings is 2. The monoisotopic (exact) mass is 774 g/mol. The molecule has 16 nitrogen and oxygen atoms in total. The van der Waals surface area contributed by atoms with E-state index in [0.717, 1.165) is 108 Å². The zero-order valence-electron chi connectivity index (χ0n) is 31.8. The summed E-state index contributed by atoms with van der Waals surface area (Å²) in [6, 6.07) is 11.2. The Morgan fingerprint density at radius 3 is 2.56 bits per heavy atom. The van der Waals surface area contributed by atoms with E-state index in [4.69, 9.17) is 14.6 Å². The van der Waals surface area contributed by atoms with Crippen LogP contribution >= 0.6 is 0 Å². The predicted octanol–water partition coefficient (Wildman–Crippen LogP) is 3.26. The van der Waals surface area contributed by atoms with E-state index < -0.39 is 23.8 Å².